The van der Waals surface area contributed by atoms with Gasteiger partial charge in [-0.25, -0.2) is 4.98 Å². The first kappa shape index (κ1) is 21.1. The predicted molar refractivity (Wildman–Crippen MR) is 115 cm³/mol. The van der Waals surface area contributed by atoms with Crippen molar-refractivity contribution >= 4 is 17.2 Å². The molecular weight excluding hydrogens is 384 g/mol. The van der Waals surface area contributed by atoms with Crippen molar-refractivity contribution in [3.05, 3.63) is 70.1 Å². The number of carbonyl (C=O) groups is 1. The van der Waals surface area contributed by atoms with E-state index < -0.39 is 0 Å². The Kier molecular flexibility index (Phi) is 7.09. The van der Waals surface area contributed by atoms with Gasteiger partial charge in [-0.2, -0.15) is 0 Å². The molecule has 29 heavy (non-hydrogen) atoms. The zero-order chi connectivity index (χ0) is 20.8. The third-order valence-electron chi connectivity index (χ3n) is 4.94. The van der Waals surface area contributed by atoms with Gasteiger partial charge >= 0.3 is 0 Å². The fraction of sp³-hybridized carbons (Fsp3) is 0.391. The third-order valence-corrected chi connectivity index (χ3v) is 5.81. The highest BCUT2D eigenvalue weighted by molar-refractivity contribution is 7.09. The molecule has 0 aliphatic heterocycles. The van der Waals surface area contributed by atoms with E-state index in [1.54, 1.807) is 23.5 Å². The topological polar surface area (TPSA) is 55.6 Å². The summed E-state index contributed by atoms with van der Waals surface area (Å²) in [5.74, 6) is 1.54. The van der Waals surface area contributed by atoms with E-state index in [-0.39, 0.29) is 11.9 Å². The Morgan fingerprint density at radius 3 is 2.69 bits per heavy atom. The second kappa shape index (κ2) is 9.74. The lowest BCUT2D eigenvalue weighted by atomic mass is 10.0. The summed E-state index contributed by atoms with van der Waals surface area (Å²) in [6.45, 7) is 9.30. The minimum absolute atomic E-state index is 0.0897. The summed E-state index contributed by atoms with van der Waals surface area (Å²) in [5, 5.41) is 2.89. The predicted octanol–water partition coefficient (Wildman–Crippen LogP) is 5.88. The quantitative estimate of drug-likeness (QED) is 0.440. The summed E-state index contributed by atoms with van der Waals surface area (Å²) in [5.41, 5.74) is 2.06. The lowest BCUT2D eigenvalue weighted by Gasteiger charge is -2.27. The fourth-order valence-electron chi connectivity index (χ4n) is 3.08. The van der Waals surface area contributed by atoms with Crippen LogP contribution in [0.4, 0.5) is 0 Å². The second-order valence-electron chi connectivity index (χ2n) is 7.38. The Balaban J connectivity index is 1.68. The highest BCUT2D eigenvalue weighted by Crippen LogP contribution is 2.27. The lowest BCUT2D eigenvalue weighted by Crippen LogP contribution is -2.37. The number of para-hydroxylation sites is 1. The van der Waals surface area contributed by atoms with Gasteiger partial charge in [0.15, 0.2) is 5.76 Å². The summed E-state index contributed by atoms with van der Waals surface area (Å²) in [6, 6.07) is 11.6. The minimum atomic E-state index is -0.110. The van der Waals surface area contributed by atoms with Crippen molar-refractivity contribution in [1.29, 1.82) is 0 Å². The molecule has 3 rings (SSSR count). The molecule has 0 N–H and O–H groups in total. The van der Waals surface area contributed by atoms with E-state index in [0.717, 1.165) is 22.9 Å². The summed E-state index contributed by atoms with van der Waals surface area (Å²) in [7, 11) is 0. The van der Waals surface area contributed by atoms with Gasteiger partial charge < -0.3 is 14.1 Å². The molecule has 0 aliphatic carbocycles. The number of furan rings is 1. The molecule has 0 spiro atoms. The number of rotatable bonds is 9. The molecule has 2 heterocycles. The first-order chi connectivity index (χ1) is 14.0. The number of amides is 1. The van der Waals surface area contributed by atoms with E-state index in [2.05, 4.69) is 31.8 Å². The van der Waals surface area contributed by atoms with E-state index in [1.807, 2.05) is 35.4 Å². The number of ether oxygens (including phenoxy) is 1. The molecule has 5 nitrogen and oxygen atoms in total. The molecule has 6 heteroatoms. The van der Waals surface area contributed by atoms with E-state index in [0.29, 0.717) is 24.8 Å². The molecule has 0 fully saturated rings. The molecule has 0 aliphatic rings. The van der Waals surface area contributed by atoms with Crippen LogP contribution in [0.25, 0.3) is 0 Å². The standard InChI is InChI=1S/C23H28N2O3S/c1-5-17(4)25(23(26)21-11-8-12-27-21)13-18-15-29-22(24-18)14-28-20-10-7-6-9-19(20)16(2)3/h6-12,15-17H,5,13-14H2,1-4H3. The molecule has 1 unspecified atom stereocenters. The molecule has 0 saturated carbocycles. The molecule has 1 amide bonds. The molecule has 0 saturated heterocycles. The van der Waals surface area contributed by atoms with E-state index in [9.17, 15) is 4.79 Å². The van der Waals surface area contributed by atoms with Gasteiger partial charge in [0.05, 0.1) is 18.5 Å². The number of hydrogen-bond donors (Lipinski definition) is 0. The van der Waals surface area contributed by atoms with Crippen LogP contribution in [0.2, 0.25) is 0 Å². The molecule has 154 valence electrons. The Labute approximate surface area is 176 Å². The van der Waals surface area contributed by atoms with Crippen LogP contribution in [-0.4, -0.2) is 21.8 Å². The van der Waals surface area contributed by atoms with Gasteiger partial charge in [0.25, 0.3) is 5.91 Å². The maximum absolute atomic E-state index is 12.8. The smallest absolute Gasteiger partial charge is 0.290 e. The number of carbonyl (C=O) groups excluding carboxylic acids is 1. The number of benzene rings is 1. The number of aromatic nitrogens is 1. The van der Waals surface area contributed by atoms with Crippen molar-refractivity contribution in [1.82, 2.24) is 9.88 Å². The first-order valence-corrected chi connectivity index (χ1v) is 10.9. The molecule has 1 aromatic carbocycles. The first-order valence-electron chi connectivity index (χ1n) is 9.99. The van der Waals surface area contributed by atoms with Crippen LogP contribution in [0.5, 0.6) is 5.75 Å². The molecule has 0 radical (unpaired) electrons. The Bertz CT molecular complexity index is 918. The summed E-state index contributed by atoms with van der Waals surface area (Å²) >= 11 is 1.56. The number of thiazole rings is 1. The second-order valence-corrected chi connectivity index (χ2v) is 8.32. The van der Waals surface area contributed by atoms with Gasteiger partial charge in [-0.1, -0.05) is 39.0 Å². The van der Waals surface area contributed by atoms with Gasteiger partial charge in [-0.15, -0.1) is 11.3 Å². The maximum Gasteiger partial charge on any atom is 0.290 e. The average molecular weight is 413 g/mol. The number of hydrogen-bond acceptors (Lipinski definition) is 5. The van der Waals surface area contributed by atoms with Crippen molar-refractivity contribution in [3.8, 4) is 5.75 Å². The third kappa shape index (κ3) is 5.26. The van der Waals surface area contributed by atoms with Crippen LogP contribution in [0.1, 0.15) is 66.9 Å². The Morgan fingerprint density at radius 2 is 2.00 bits per heavy atom. The van der Waals surface area contributed by atoms with Crippen molar-refractivity contribution in [2.75, 3.05) is 0 Å². The van der Waals surface area contributed by atoms with Crippen molar-refractivity contribution in [3.63, 3.8) is 0 Å². The van der Waals surface area contributed by atoms with Crippen molar-refractivity contribution < 1.29 is 13.9 Å². The fourth-order valence-corrected chi connectivity index (χ4v) is 3.78. The van der Waals surface area contributed by atoms with Crippen LogP contribution in [0, 0.1) is 0 Å². The summed E-state index contributed by atoms with van der Waals surface area (Å²) < 4.78 is 11.3. The number of nitrogens with zero attached hydrogens (tertiary/aromatic N) is 2. The molecule has 2 aromatic heterocycles. The monoisotopic (exact) mass is 412 g/mol. The van der Waals surface area contributed by atoms with Gasteiger partial charge in [0, 0.05) is 11.4 Å². The van der Waals surface area contributed by atoms with E-state index in [4.69, 9.17) is 9.15 Å². The summed E-state index contributed by atoms with van der Waals surface area (Å²) in [6.07, 6.45) is 2.38. The largest absolute Gasteiger partial charge is 0.486 e. The van der Waals surface area contributed by atoms with Gasteiger partial charge in [-0.05, 0) is 43.0 Å². The van der Waals surface area contributed by atoms with Crippen LogP contribution in [-0.2, 0) is 13.2 Å². The SMILES string of the molecule is CCC(C)N(Cc1csc(COc2ccccc2C(C)C)n1)C(=O)c1ccco1. The molecular formula is C23H28N2O3S. The van der Waals surface area contributed by atoms with Crippen molar-refractivity contribution in [2.24, 2.45) is 0 Å². The average Bonchev–Trinajstić information content (AvgIpc) is 3.41. The van der Waals surface area contributed by atoms with E-state index >= 15 is 0 Å². The van der Waals surface area contributed by atoms with Crippen LogP contribution < -0.4 is 4.74 Å². The maximum atomic E-state index is 12.8. The highest BCUT2D eigenvalue weighted by atomic mass is 32.1. The molecule has 3 aromatic rings. The van der Waals surface area contributed by atoms with Gasteiger partial charge in [0.1, 0.15) is 17.4 Å². The zero-order valence-electron chi connectivity index (χ0n) is 17.4. The molecule has 1 atom stereocenters. The van der Waals surface area contributed by atoms with Crippen LogP contribution in [0.15, 0.2) is 52.5 Å². The van der Waals surface area contributed by atoms with Gasteiger partial charge in [-0.3, -0.25) is 4.79 Å². The summed E-state index contributed by atoms with van der Waals surface area (Å²) in [4.78, 5) is 19.3. The lowest BCUT2D eigenvalue weighted by molar-refractivity contribution is 0.0636. The highest BCUT2D eigenvalue weighted by Gasteiger charge is 2.23. The minimum Gasteiger partial charge on any atom is -0.486 e. The Morgan fingerprint density at radius 1 is 1.21 bits per heavy atom. The Hall–Kier alpha value is -2.60. The van der Waals surface area contributed by atoms with Crippen molar-refractivity contribution in [2.45, 2.75) is 59.2 Å². The molecule has 0 bridgehead atoms. The normalized spacial score (nSPS) is 12.2. The zero-order valence-corrected chi connectivity index (χ0v) is 18.2. The van der Waals surface area contributed by atoms with E-state index in [1.165, 1.54) is 11.8 Å². The van der Waals surface area contributed by atoms with Gasteiger partial charge in [0.2, 0.25) is 0 Å². The van der Waals surface area contributed by atoms with Crippen LogP contribution in [0.3, 0.4) is 0 Å². The van der Waals surface area contributed by atoms with Crippen LogP contribution >= 0.6 is 11.3 Å².